The summed E-state index contributed by atoms with van der Waals surface area (Å²) in [6.07, 6.45) is -11.4. The molecule has 1 atom stereocenters. The molecular weight excluding hydrogens is 495 g/mol. The molecule has 1 heterocycles. The first-order valence-electron chi connectivity index (χ1n) is 10.3. The third kappa shape index (κ3) is 5.21. The Labute approximate surface area is 203 Å². The minimum atomic E-state index is -6.00. The number of nitrogens with one attached hydrogen (secondary N) is 2. The molecule has 0 fully saturated rings. The molecule has 1 aliphatic heterocycles. The van der Waals surface area contributed by atoms with Crippen molar-refractivity contribution in [2.24, 2.45) is 0 Å². The van der Waals surface area contributed by atoms with Crippen LogP contribution >= 0.6 is 11.9 Å². The summed E-state index contributed by atoms with van der Waals surface area (Å²) < 4.78 is 81.6. The van der Waals surface area contributed by atoms with Crippen LogP contribution in [0.2, 0.25) is 0 Å². The maximum atomic E-state index is 13.2. The Bertz CT molecular complexity index is 1090. The van der Waals surface area contributed by atoms with E-state index >= 15 is 0 Å². The van der Waals surface area contributed by atoms with E-state index in [0.717, 1.165) is 22.6 Å². The Kier molecular flexibility index (Phi) is 7.63. The zero-order valence-corrected chi connectivity index (χ0v) is 19.4. The molecule has 0 spiro atoms. The second kappa shape index (κ2) is 9.86. The predicted molar refractivity (Wildman–Crippen MR) is 122 cm³/mol. The van der Waals surface area contributed by atoms with E-state index in [1.54, 1.807) is 24.9 Å². The van der Waals surface area contributed by atoms with E-state index in [-0.39, 0.29) is 5.69 Å². The second-order valence-electron chi connectivity index (χ2n) is 7.93. The Morgan fingerprint density at radius 2 is 1.69 bits per heavy atom. The fourth-order valence-electron chi connectivity index (χ4n) is 3.94. The topological polar surface area (TPSA) is 64.6 Å². The molecule has 1 unspecified atom stereocenters. The van der Waals surface area contributed by atoms with Gasteiger partial charge in [0, 0.05) is 0 Å². The molecule has 2 aromatic carbocycles. The first-order chi connectivity index (χ1) is 16.2. The van der Waals surface area contributed by atoms with E-state index in [9.17, 15) is 36.2 Å². The van der Waals surface area contributed by atoms with Crippen LogP contribution in [0.15, 0.2) is 47.4 Å². The second-order valence-corrected chi connectivity index (χ2v) is 9.01. The average molecular weight is 516 g/mol. The molecule has 187 valence electrons. The molecule has 3 N–H and O–H groups in total. The number of aliphatic hydroxyl groups is 1. The summed E-state index contributed by atoms with van der Waals surface area (Å²) in [5, 5.41) is 12.1. The van der Waals surface area contributed by atoms with Gasteiger partial charge in [-0.05, 0) is 0 Å². The van der Waals surface area contributed by atoms with Gasteiger partial charge in [-0.1, -0.05) is 0 Å². The van der Waals surface area contributed by atoms with E-state index in [1.807, 2.05) is 12.1 Å². The van der Waals surface area contributed by atoms with E-state index < -0.39 is 35.5 Å². The number of hydrogen-bond donors (Lipinski definition) is 3. The first kappa shape index (κ1) is 27.1. The van der Waals surface area contributed by atoms with Crippen molar-refractivity contribution in [1.29, 1.82) is 0 Å². The molecule has 1 amide bonds. The van der Waals surface area contributed by atoms with E-state index in [2.05, 4.69) is 10.0 Å². The number of carbonyl (C=O) groups is 1. The van der Waals surface area contributed by atoms with E-state index in [0.29, 0.717) is 36.2 Å². The van der Waals surface area contributed by atoms with Gasteiger partial charge in [-0.2, -0.15) is 0 Å². The standard InChI is InChI=1S/C22H21BF6N3O2S/c1-12(23)32-10-9-13-11-16(35-30-2)7-8-17(13)18(32)19(33)31-15-5-3-14(4-6-15)20(34,21(24,25)26)22(27,28)29/h3-8,11,18,30,34H,9-10H2,1-2H3,(H,31,33). The number of rotatable bonds is 6. The fourth-order valence-corrected chi connectivity index (χ4v) is 4.51. The first-order valence-corrected chi connectivity index (χ1v) is 11.1. The van der Waals surface area contributed by atoms with Crippen molar-refractivity contribution in [1.82, 2.24) is 9.62 Å². The summed E-state index contributed by atoms with van der Waals surface area (Å²) in [6.45, 7) is 2.06. The van der Waals surface area contributed by atoms with Crippen LogP contribution < -0.4 is 10.0 Å². The van der Waals surface area contributed by atoms with Gasteiger partial charge in [-0.15, -0.1) is 0 Å². The predicted octanol–water partition coefficient (Wildman–Crippen LogP) is 4.08. The zero-order chi connectivity index (χ0) is 26.2. The SMILES string of the molecule is [B]=C(C)N1CCc2cc(SNC)ccc2C1C(=O)Nc1ccc(C(O)(C(F)(F)F)C(F)(F)F)cc1. The van der Waals surface area contributed by atoms with Gasteiger partial charge in [0.2, 0.25) is 0 Å². The third-order valence-electron chi connectivity index (χ3n) is 5.65. The molecule has 0 bridgehead atoms. The summed E-state index contributed by atoms with van der Waals surface area (Å²) in [7, 11) is 7.75. The fraction of sp³-hybridized carbons (Fsp3) is 0.364. The quantitative estimate of drug-likeness (QED) is 0.307. The van der Waals surface area contributed by atoms with Crippen molar-refractivity contribution >= 4 is 36.6 Å². The van der Waals surface area contributed by atoms with Gasteiger partial charge in [0.25, 0.3) is 0 Å². The number of hydrogen-bond acceptors (Lipinski definition) is 5. The van der Waals surface area contributed by atoms with Crippen LogP contribution in [0.3, 0.4) is 0 Å². The number of nitrogens with zero attached hydrogens (tertiary/aromatic N) is 1. The Morgan fingerprint density at radius 3 is 2.20 bits per heavy atom. The van der Waals surface area contributed by atoms with Crippen LogP contribution in [0.5, 0.6) is 0 Å². The molecule has 2 aromatic rings. The van der Waals surface area contributed by atoms with Crippen LogP contribution in [0.1, 0.15) is 29.7 Å². The summed E-state index contributed by atoms with van der Waals surface area (Å²) in [5.74, 6) is -0.570. The molecule has 1 radical (unpaired) electrons. The number of fused-ring (bicyclic) bond motifs is 1. The van der Waals surface area contributed by atoms with Crippen molar-refractivity contribution in [2.75, 3.05) is 18.9 Å². The van der Waals surface area contributed by atoms with Crippen molar-refractivity contribution < 1.29 is 36.2 Å². The van der Waals surface area contributed by atoms with Gasteiger partial charge in [-0.25, -0.2) is 0 Å². The number of anilines is 1. The molecular formula is C22H21BF6N3O2S. The summed E-state index contributed by atoms with van der Waals surface area (Å²) in [6, 6.07) is 7.37. The van der Waals surface area contributed by atoms with Crippen LogP contribution in [0, 0.1) is 0 Å². The molecule has 1 aliphatic rings. The molecule has 13 heteroatoms. The number of alkyl halides is 6. The van der Waals surface area contributed by atoms with E-state index in [1.165, 1.54) is 11.9 Å². The molecule has 0 aliphatic carbocycles. The van der Waals surface area contributed by atoms with Crippen molar-refractivity contribution in [2.45, 2.75) is 42.2 Å². The van der Waals surface area contributed by atoms with Crippen LogP contribution in [0.25, 0.3) is 0 Å². The normalized spacial score (nSPS) is 16.6. The van der Waals surface area contributed by atoms with Gasteiger partial charge < -0.3 is 0 Å². The summed E-state index contributed by atoms with van der Waals surface area (Å²) >= 11 is 1.40. The van der Waals surface area contributed by atoms with E-state index in [4.69, 9.17) is 7.49 Å². The van der Waals surface area contributed by atoms with Crippen molar-refractivity contribution in [3.8, 4) is 0 Å². The molecule has 3 rings (SSSR count). The van der Waals surface area contributed by atoms with Gasteiger partial charge in [0.05, 0.1) is 0 Å². The summed E-state index contributed by atoms with van der Waals surface area (Å²) in [5.41, 5.74) is -4.54. The molecule has 5 nitrogen and oxygen atoms in total. The maximum absolute atomic E-state index is 13.2. The van der Waals surface area contributed by atoms with Gasteiger partial charge in [0.15, 0.2) is 0 Å². The van der Waals surface area contributed by atoms with Gasteiger partial charge >= 0.3 is 203 Å². The van der Waals surface area contributed by atoms with Gasteiger partial charge in [0.1, 0.15) is 0 Å². The Balaban J connectivity index is 1.91. The van der Waals surface area contributed by atoms with Crippen LogP contribution in [-0.4, -0.2) is 54.9 Å². The van der Waals surface area contributed by atoms with Crippen LogP contribution in [0.4, 0.5) is 32.0 Å². The number of benzene rings is 2. The zero-order valence-electron chi connectivity index (χ0n) is 18.6. The van der Waals surface area contributed by atoms with Gasteiger partial charge in [-0.3, -0.25) is 0 Å². The number of amides is 1. The molecule has 0 saturated carbocycles. The van der Waals surface area contributed by atoms with Crippen LogP contribution in [-0.2, 0) is 16.8 Å². The molecule has 35 heavy (non-hydrogen) atoms. The molecule has 0 aromatic heterocycles. The number of carbonyl (C=O) groups excluding carboxylic acids is 1. The monoisotopic (exact) mass is 516 g/mol. The Hall–Kier alpha value is -2.51. The summed E-state index contributed by atoms with van der Waals surface area (Å²) in [4.78, 5) is 15.8. The Morgan fingerprint density at radius 1 is 1.09 bits per heavy atom. The third-order valence-corrected chi connectivity index (χ3v) is 6.35. The average Bonchev–Trinajstić information content (AvgIpc) is 2.76. The van der Waals surface area contributed by atoms with Crippen molar-refractivity contribution in [3.05, 3.63) is 59.2 Å². The number of halogens is 6. The van der Waals surface area contributed by atoms with Crippen molar-refractivity contribution in [3.63, 3.8) is 0 Å². The minimum absolute atomic E-state index is 0.0467. The molecule has 0 saturated heterocycles.